The molecule has 2 aromatic rings. The quantitative estimate of drug-likeness (QED) is 0.606. The fraction of sp³-hybridized carbons (Fsp3) is 0.375. The Kier molecular flexibility index (Phi) is 4.23. The second-order valence-electron chi connectivity index (χ2n) is 3.00. The smallest absolute Gasteiger partial charge is 0.322 e. The minimum Gasteiger partial charge on any atom is -0.467 e. The number of anilines is 1. The molecule has 96 valence electrons. The van der Waals surface area contributed by atoms with E-state index in [1.165, 1.54) is 30.4 Å². The Balaban J connectivity index is 2.22. The van der Waals surface area contributed by atoms with Crippen molar-refractivity contribution >= 4 is 29.2 Å². The van der Waals surface area contributed by atoms with E-state index in [1.807, 2.05) is 6.92 Å². The van der Waals surface area contributed by atoms with Gasteiger partial charge in [-0.2, -0.15) is 19.3 Å². The number of rotatable bonds is 5. The Morgan fingerprint density at radius 1 is 1.33 bits per heavy atom. The van der Waals surface area contributed by atoms with Gasteiger partial charge in [-0.1, -0.05) is 6.92 Å². The summed E-state index contributed by atoms with van der Waals surface area (Å²) in [7, 11) is 1.48. The first-order chi connectivity index (χ1) is 8.75. The Bertz CT molecular complexity index is 510. The lowest BCUT2D eigenvalue weighted by molar-refractivity contribution is 0.373. The largest absolute Gasteiger partial charge is 0.467 e. The Morgan fingerprint density at radius 3 is 2.78 bits per heavy atom. The minimum atomic E-state index is 0.195. The SMILES string of the molecule is CCc1nsc(Sc2nc(NN)nc(OC)n2)n1. The van der Waals surface area contributed by atoms with Gasteiger partial charge in [-0.15, -0.1) is 0 Å². The topological polar surface area (TPSA) is 112 Å². The van der Waals surface area contributed by atoms with E-state index in [4.69, 9.17) is 10.6 Å². The summed E-state index contributed by atoms with van der Waals surface area (Å²) in [5.41, 5.74) is 2.36. The number of nitrogens with one attached hydrogen (secondary N) is 1. The Hall–Kier alpha value is -1.52. The van der Waals surface area contributed by atoms with Crippen molar-refractivity contribution in [2.24, 2.45) is 5.84 Å². The summed E-state index contributed by atoms with van der Waals surface area (Å²) in [6, 6.07) is 0.195. The van der Waals surface area contributed by atoms with Crippen molar-refractivity contribution in [3.8, 4) is 6.01 Å². The van der Waals surface area contributed by atoms with Crippen LogP contribution in [0.4, 0.5) is 5.95 Å². The summed E-state index contributed by atoms with van der Waals surface area (Å²) < 4.78 is 9.91. The number of aryl methyl sites for hydroxylation is 1. The molecule has 0 atom stereocenters. The minimum absolute atomic E-state index is 0.195. The maximum atomic E-state index is 5.27. The number of aromatic nitrogens is 5. The molecule has 10 heteroatoms. The number of hydrazine groups is 1. The van der Waals surface area contributed by atoms with Crippen LogP contribution in [0.15, 0.2) is 9.50 Å². The lowest BCUT2D eigenvalue weighted by atomic mass is 10.5. The van der Waals surface area contributed by atoms with Gasteiger partial charge in [0.25, 0.3) is 0 Å². The molecule has 2 aromatic heterocycles. The molecule has 0 radical (unpaired) electrons. The molecule has 0 amide bonds. The monoisotopic (exact) mass is 285 g/mol. The summed E-state index contributed by atoms with van der Waals surface area (Å²) in [4.78, 5) is 16.4. The van der Waals surface area contributed by atoms with Crippen LogP contribution >= 0.6 is 23.3 Å². The van der Waals surface area contributed by atoms with Crippen molar-refractivity contribution in [2.75, 3.05) is 12.5 Å². The maximum Gasteiger partial charge on any atom is 0.322 e. The third kappa shape index (κ3) is 3.03. The molecule has 18 heavy (non-hydrogen) atoms. The van der Waals surface area contributed by atoms with Gasteiger partial charge < -0.3 is 4.74 Å². The van der Waals surface area contributed by atoms with E-state index in [0.29, 0.717) is 5.16 Å². The van der Waals surface area contributed by atoms with E-state index in [-0.39, 0.29) is 12.0 Å². The van der Waals surface area contributed by atoms with Gasteiger partial charge in [-0.25, -0.2) is 10.8 Å². The number of nitrogens with two attached hydrogens (primary N) is 1. The molecule has 3 N–H and O–H groups in total. The number of hydrogen-bond donors (Lipinski definition) is 2. The number of ether oxygens (including phenoxy) is 1. The molecule has 0 saturated carbocycles. The molecule has 0 aliphatic carbocycles. The van der Waals surface area contributed by atoms with Crippen LogP contribution in [0.25, 0.3) is 0 Å². The fourth-order valence-electron chi connectivity index (χ4n) is 1.04. The van der Waals surface area contributed by atoms with Crippen molar-refractivity contribution in [2.45, 2.75) is 22.8 Å². The van der Waals surface area contributed by atoms with E-state index >= 15 is 0 Å². The van der Waals surface area contributed by atoms with Crippen molar-refractivity contribution in [1.82, 2.24) is 24.3 Å². The highest BCUT2D eigenvalue weighted by Crippen LogP contribution is 2.27. The van der Waals surface area contributed by atoms with Gasteiger partial charge >= 0.3 is 6.01 Å². The van der Waals surface area contributed by atoms with Crippen LogP contribution in [0.2, 0.25) is 0 Å². The molecule has 0 aromatic carbocycles. The molecule has 0 spiro atoms. The third-order valence-corrected chi connectivity index (χ3v) is 3.50. The summed E-state index contributed by atoms with van der Waals surface area (Å²) in [5, 5.41) is 0.452. The van der Waals surface area contributed by atoms with E-state index in [1.54, 1.807) is 0 Å². The van der Waals surface area contributed by atoms with Gasteiger partial charge in [-0.05, 0) is 23.3 Å². The Morgan fingerprint density at radius 2 is 2.17 bits per heavy atom. The van der Waals surface area contributed by atoms with E-state index in [0.717, 1.165) is 16.6 Å². The maximum absolute atomic E-state index is 5.27. The zero-order valence-electron chi connectivity index (χ0n) is 9.75. The van der Waals surface area contributed by atoms with Crippen molar-refractivity contribution < 1.29 is 4.74 Å². The van der Waals surface area contributed by atoms with Crippen LogP contribution in [0.3, 0.4) is 0 Å². The summed E-state index contributed by atoms with van der Waals surface area (Å²) in [6.45, 7) is 2.00. The molecule has 0 bridgehead atoms. The second-order valence-corrected chi connectivity index (χ2v) is 4.97. The molecular weight excluding hydrogens is 274 g/mol. The highest BCUT2D eigenvalue weighted by molar-refractivity contribution is 8.00. The molecule has 0 aliphatic rings. The predicted molar refractivity (Wildman–Crippen MR) is 67.6 cm³/mol. The number of nitrogens with zero attached hydrogens (tertiary/aromatic N) is 5. The van der Waals surface area contributed by atoms with E-state index in [2.05, 4.69) is 29.7 Å². The molecule has 0 saturated heterocycles. The molecule has 0 unspecified atom stereocenters. The highest BCUT2D eigenvalue weighted by atomic mass is 32.2. The standard InChI is InChI=1S/C8H11N7OS2/c1-3-4-10-8(18-15-4)17-7-12-5(14-9)11-6(13-7)16-2/h3,9H2,1-2H3,(H,11,12,13,14). The highest BCUT2D eigenvalue weighted by Gasteiger charge is 2.10. The third-order valence-electron chi connectivity index (χ3n) is 1.85. The fourth-order valence-corrected chi connectivity index (χ4v) is 2.59. The summed E-state index contributed by atoms with van der Waals surface area (Å²) in [5.74, 6) is 6.31. The van der Waals surface area contributed by atoms with Crippen molar-refractivity contribution in [1.29, 1.82) is 0 Å². The van der Waals surface area contributed by atoms with Crippen molar-refractivity contribution in [3.05, 3.63) is 5.82 Å². The van der Waals surface area contributed by atoms with Gasteiger partial charge in [0.2, 0.25) is 11.1 Å². The first-order valence-electron chi connectivity index (χ1n) is 5.02. The number of hydrogen-bond acceptors (Lipinski definition) is 10. The Labute approximate surface area is 112 Å². The lowest BCUT2D eigenvalue weighted by Gasteiger charge is -2.03. The lowest BCUT2D eigenvalue weighted by Crippen LogP contribution is -2.12. The van der Waals surface area contributed by atoms with Gasteiger partial charge in [0.05, 0.1) is 7.11 Å². The molecule has 0 fully saturated rings. The molecule has 2 rings (SSSR count). The first-order valence-corrected chi connectivity index (χ1v) is 6.61. The first kappa shape index (κ1) is 12.9. The number of nitrogen functional groups attached to an aromatic ring is 1. The average Bonchev–Trinajstić information content (AvgIpc) is 2.85. The summed E-state index contributed by atoms with van der Waals surface area (Å²) >= 11 is 2.59. The zero-order valence-corrected chi connectivity index (χ0v) is 11.4. The van der Waals surface area contributed by atoms with Crippen LogP contribution in [-0.4, -0.2) is 31.4 Å². The van der Waals surface area contributed by atoms with E-state index < -0.39 is 0 Å². The predicted octanol–water partition coefficient (Wildman–Crippen LogP) is 0.731. The average molecular weight is 285 g/mol. The molecular formula is C8H11N7OS2. The van der Waals surface area contributed by atoms with Gasteiger partial charge in [0.15, 0.2) is 4.34 Å². The van der Waals surface area contributed by atoms with Crippen LogP contribution < -0.4 is 16.0 Å². The number of methoxy groups -OCH3 is 1. The van der Waals surface area contributed by atoms with Gasteiger partial charge in [0, 0.05) is 6.42 Å². The van der Waals surface area contributed by atoms with Crippen LogP contribution in [0.5, 0.6) is 6.01 Å². The summed E-state index contributed by atoms with van der Waals surface area (Å²) in [6.07, 6.45) is 0.799. The zero-order chi connectivity index (χ0) is 13.0. The molecule has 2 heterocycles. The van der Waals surface area contributed by atoms with E-state index in [9.17, 15) is 0 Å². The van der Waals surface area contributed by atoms with Gasteiger partial charge in [0.1, 0.15) is 5.82 Å². The van der Waals surface area contributed by atoms with Crippen LogP contribution in [-0.2, 0) is 6.42 Å². The molecule has 0 aliphatic heterocycles. The van der Waals surface area contributed by atoms with Crippen LogP contribution in [0.1, 0.15) is 12.7 Å². The van der Waals surface area contributed by atoms with Gasteiger partial charge in [-0.3, -0.25) is 5.43 Å². The normalized spacial score (nSPS) is 10.4. The molecule has 8 nitrogen and oxygen atoms in total. The van der Waals surface area contributed by atoms with Crippen molar-refractivity contribution in [3.63, 3.8) is 0 Å². The van der Waals surface area contributed by atoms with Crippen LogP contribution in [0, 0.1) is 0 Å². The second kappa shape index (κ2) is 5.89.